The molecular weight excluding hydrogens is 359 g/mol. The molecule has 132 valence electrons. The standard InChI is InChI=1S/C15H12F3N3O3S/c16-15(17,18)25(22,23)24-11-6-12-13(8-19)20-21(14(12)7-11)9-10-4-2-1-3-5-10/h1-5,11H,6-7,9H2. The summed E-state index contributed by atoms with van der Waals surface area (Å²) in [5.41, 5.74) is -3.56. The molecule has 0 saturated heterocycles. The summed E-state index contributed by atoms with van der Waals surface area (Å²) in [7, 11) is -5.68. The first-order chi connectivity index (χ1) is 11.7. The van der Waals surface area contributed by atoms with Crippen LogP contribution in [0.4, 0.5) is 13.2 Å². The van der Waals surface area contributed by atoms with Crippen molar-refractivity contribution in [2.45, 2.75) is 31.0 Å². The summed E-state index contributed by atoms with van der Waals surface area (Å²) in [5, 5.41) is 13.3. The van der Waals surface area contributed by atoms with Crippen LogP contribution >= 0.6 is 0 Å². The quantitative estimate of drug-likeness (QED) is 0.607. The highest BCUT2D eigenvalue weighted by Crippen LogP contribution is 2.32. The molecule has 1 unspecified atom stereocenters. The van der Waals surface area contributed by atoms with Gasteiger partial charge in [-0.15, -0.1) is 0 Å². The number of alkyl halides is 3. The molecule has 0 radical (unpaired) electrons. The minimum absolute atomic E-state index is 0.0633. The fourth-order valence-corrected chi connectivity index (χ4v) is 3.37. The average molecular weight is 371 g/mol. The lowest BCUT2D eigenvalue weighted by Gasteiger charge is -2.14. The van der Waals surface area contributed by atoms with Crippen molar-refractivity contribution >= 4 is 10.1 Å². The summed E-state index contributed by atoms with van der Waals surface area (Å²) in [5.74, 6) is 0. The van der Waals surface area contributed by atoms with Crippen molar-refractivity contribution in [1.82, 2.24) is 9.78 Å². The second-order valence-corrected chi connectivity index (χ2v) is 7.12. The number of hydrogen-bond acceptors (Lipinski definition) is 5. The maximum absolute atomic E-state index is 12.5. The zero-order chi connectivity index (χ0) is 18.2. The summed E-state index contributed by atoms with van der Waals surface area (Å²) >= 11 is 0. The van der Waals surface area contributed by atoms with E-state index in [1.807, 2.05) is 36.4 Å². The van der Waals surface area contributed by atoms with E-state index in [1.165, 1.54) is 4.68 Å². The predicted octanol–water partition coefficient (Wildman–Crippen LogP) is 2.14. The molecule has 1 aromatic heterocycles. The van der Waals surface area contributed by atoms with Crippen molar-refractivity contribution in [1.29, 1.82) is 5.26 Å². The molecule has 0 bridgehead atoms. The molecule has 2 aromatic rings. The van der Waals surface area contributed by atoms with Gasteiger partial charge >= 0.3 is 15.6 Å². The number of hydrogen-bond donors (Lipinski definition) is 0. The number of fused-ring (bicyclic) bond motifs is 1. The number of halogens is 3. The molecule has 6 nitrogen and oxygen atoms in total. The third-order valence-corrected chi connectivity index (χ3v) is 4.94. The molecule has 0 saturated carbocycles. The second kappa shape index (κ2) is 6.16. The summed E-state index contributed by atoms with van der Waals surface area (Å²) in [6, 6.07) is 11.1. The summed E-state index contributed by atoms with van der Waals surface area (Å²) in [6.07, 6.45) is -1.37. The van der Waals surface area contributed by atoms with Crippen LogP contribution in [0.25, 0.3) is 0 Å². The summed E-state index contributed by atoms with van der Waals surface area (Å²) in [4.78, 5) is 0. The molecule has 10 heteroatoms. The van der Waals surface area contributed by atoms with Gasteiger partial charge in [-0.2, -0.15) is 31.9 Å². The van der Waals surface area contributed by atoms with Crippen molar-refractivity contribution in [3.8, 4) is 6.07 Å². The largest absolute Gasteiger partial charge is 0.523 e. The molecule has 1 aliphatic rings. The van der Waals surface area contributed by atoms with Crippen LogP contribution in [0.1, 0.15) is 22.5 Å². The van der Waals surface area contributed by atoms with Crippen LogP contribution in [-0.4, -0.2) is 29.8 Å². The van der Waals surface area contributed by atoms with Crippen LogP contribution in [0.2, 0.25) is 0 Å². The lowest BCUT2D eigenvalue weighted by molar-refractivity contribution is -0.0570. The number of nitriles is 1. The molecule has 0 spiro atoms. The molecule has 0 N–H and O–H groups in total. The number of nitrogens with zero attached hydrogens (tertiary/aromatic N) is 3. The van der Waals surface area contributed by atoms with E-state index in [9.17, 15) is 21.6 Å². The van der Waals surface area contributed by atoms with Gasteiger partial charge in [-0.3, -0.25) is 8.86 Å². The van der Waals surface area contributed by atoms with Crippen LogP contribution in [0.15, 0.2) is 30.3 Å². The Morgan fingerprint density at radius 2 is 1.96 bits per heavy atom. The van der Waals surface area contributed by atoms with Gasteiger partial charge in [-0.25, -0.2) is 0 Å². The van der Waals surface area contributed by atoms with Crippen LogP contribution in [0.5, 0.6) is 0 Å². The number of benzene rings is 1. The van der Waals surface area contributed by atoms with Crippen LogP contribution in [-0.2, 0) is 33.7 Å². The maximum Gasteiger partial charge on any atom is 0.523 e. The molecule has 3 rings (SSSR count). The second-order valence-electron chi connectivity index (χ2n) is 5.56. The van der Waals surface area contributed by atoms with Gasteiger partial charge < -0.3 is 0 Å². The summed E-state index contributed by atoms with van der Waals surface area (Å²) < 4.78 is 65.6. The monoisotopic (exact) mass is 371 g/mol. The van der Waals surface area contributed by atoms with E-state index >= 15 is 0 Å². The SMILES string of the molecule is N#Cc1nn(Cc2ccccc2)c2c1CC(OS(=O)(=O)C(F)(F)F)C2. The fourth-order valence-electron chi connectivity index (χ4n) is 2.77. The van der Waals surface area contributed by atoms with Crippen LogP contribution in [0.3, 0.4) is 0 Å². The van der Waals surface area contributed by atoms with Crippen molar-refractivity contribution in [3.05, 3.63) is 52.8 Å². The minimum atomic E-state index is -5.68. The van der Waals surface area contributed by atoms with Gasteiger partial charge in [0.1, 0.15) is 6.07 Å². The molecule has 0 fully saturated rings. The molecule has 1 heterocycles. The Morgan fingerprint density at radius 1 is 1.28 bits per heavy atom. The molecular formula is C15H12F3N3O3S. The van der Waals surface area contributed by atoms with Crippen molar-refractivity contribution < 1.29 is 25.8 Å². The first-order valence-electron chi connectivity index (χ1n) is 7.23. The zero-order valence-electron chi connectivity index (χ0n) is 12.7. The highest BCUT2D eigenvalue weighted by molar-refractivity contribution is 7.87. The zero-order valence-corrected chi connectivity index (χ0v) is 13.5. The van der Waals surface area contributed by atoms with Gasteiger partial charge in [-0.1, -0.05) is 30.3 Å². The van der Waals surface area contributed by atoms with E-state index in [-0.39, 0.29) is 18.5 Å². The third-order valence-electron chi connectivity index (χ3n) is 3.85. The van der Waals surface area contributed by atoms with Gasteiger partial charge in [0.15, 0.2) is 5.69 Å². The van der Waals surface area contributed by atoms with Crippen LogP contribution < -0.4 is 0 Å². The third kappa shape index (κ3) is 3.38. The predicted molar refractivity (Wildman–Crippen MR) is 79.7 cm³/mol. The molecule has 1 aromatic carbocycles. The van der Waals surface area contributed by atoms with E-state index in [0.717, 1.165) is 5.56 Å². The van der Waals surface area contributed by atoms with E-state index in [2.05, 4.69) is 9.28 Å². The van der Waals surface area contributed by atoms with Gasteiger partial charge in [-0.05, 0) is 5.56 Å². The lowest BCUT2D eigenvalue weighted by Crippen LogP contribution is -2.30. The Hall–Kier alpha value is -2.38. The van der Waals surface area contributed by atoms with Gasteiger partial charge in [0.25, 0.3) is 0 Å². The molecule has 25 heavy (non-hydrogen) atoms. The van der Waals surface area contributed by atoms with Crippen molar-refractivity contribution in [3.63, 3.8) is 0 Å². The Balaban J connectivity index is 1.85. The first kappa shape index (κ1) is 17.4. The molecule has 0 amide bonds. The van der Waals surface area contributed by atoms with E-state index in [0.29, 0.717) is 17.8 Å². The molecule has 0 aliphatic heterocycles. The Kier molecular flexibility index (Phi) is 4.30. The Labute approximate surface area is 141 Å². The van der Waals surface area contributed by atoms with E-state index in [4.69, 9.17) is 5.26 Å². The lowest BCUT2D eigenvalue weighted by atomic mass is 10.2. The first-order valence-corrected chi connectivity index (χ1v) is 8.64. The van der Waals surface area contributed by atoms with Crippen LogP contribution in [0, 0.1) is 11.3 Å². The van der Waals surface area contributed by atoms with E-state index in [1.54, 1.807) is 0 Å². The molecule has 1 atom stereocenters. The van der Waals surface area contributed by atoms with E-state index < -0.39 is 21.7 Å². The van der Waals surface area contributed by atoms with Crippen molar-refractivity contribution in [2.75, 3.05) is 0 Å². The summed E-state index contributed by atoms with van der Waals surface area (Å²) in [6.45, 7) is 0.323. The highest BCUT2D eigenvalue weighted by atomic mass is 32.2. The molecule has 1 aliphatic carbocycles. The Morgan fingerprint density at radius 3 is 2.56 bits per heavy atom. The number of aromatic nitrogens is 2. The van der Waals surface area contributed by atoms with Gasteiger partial charge in [0.05, 0.1) is 12.6 Å². The number of rotatable bonds is 4. The average Bonchev–Trinajstić information content (AvgIpc) is 3.06. The van der Waals surface area contributed by atoms with Crippen molar-refractivity contribution in [2.24, 2.45) is 0 Å². The highest BCUT2D eigenvalue weighted by Gasteiger charge is 2.49. The normalized spacial score (nSPS) is 17.3. The maximum atomic E-state index is 12.5. The van der Waals surface area contributed by atoms with Gasteiger partial charge in [0.2, 0.25) is 0 Å². The fraction of sp³-hybridized carbons (Fsp3) is 0.333. The topological polar surface area (TPSA) is 85.0 Å². The van der Waals surface area contributed by atoms with Gasteiger partial charge in [0, 0.05) is 24.1 Å². The Bertz CT molecular complexity index is 931. The smallest absolute Gasteiger partial charge is 0.263 e. The minimum Gasteiger partial charge on any atom is -0.263 e.